The van der Waals surface area contributed by atoms with Crippen molar-refractivity contribution in [3.8, 4) is 0 Å². The number of furan rings is 1. The first-order chi connectivity index (χ1) is 12.2. The number of likely N-dealkylation sites (N-methyl/N-ethyl adjacent to an activating group) is 1. The molecule has 0 bridgehead atoms. The molecule has 2 fully saturated rings. The lowest BCUT2D eigenvalue weighted by Crippen LogP contribution is -2.44. The summed E-state index contributed by atoms with van der Waals surface area (Å²) in [6.45, 7) is 6.00. The van der Waals surface area contributed by atoms with Gasteiger partial charge in [-0.25, -0.2) is 0 Å². The van der Waals surface area contributed by atoms with Crippen molar-refractivity contribution in [3.63, 3.8) is 0 Å². The van der Waals surface area contributed by atoms with Gasteiger partial charge in [-0.2, -0.15) is 5.10 Å². The smallest absolute Gasteiger partial charge is 0.117 e. The average Bonchev–Trinajstić information content (AvgIpc) is 3.31. The molecule has 0 aromatic carbocycles. The topological polar surface area (TPSA) is 46.7 Å². The van der Waals surface area contributed by atoms with Crippen molar-refractivity contribution in [1.29, 1.82) is 0 Å². The normalized spacial score (nSPS) is 27.1. The zero-order chi connectivity index (χ0) is 17.2. The highest BCUT2D eigenvalue weighted by molar-refractivity contribution is 5.04. The van der Waals surface area contributed by atoms with E-state index in [0.29, 0.717) is 17.9 Å². The Morgan fingerprint density at radius 3 is 3.08 bits per heavy atom. The maximum Gasteiger partial charge on any atom is 0.117 e. The van der Waals surface area contributed by atoms with Crippen molar-refractivity contribution in [2.75, 3.05) is 33.3 Å². The van der Waals surface area contributed by atoms with Crippen molar-refractivity contribution < 1.29 is 9.15 Å². The standard InChI is InChI=1S/C19H28N4O2/c1-21(11-17-4-3-7-24-17)13-19-18-12-23(6-5-16(18)14-25-19)10-15-8-20-22(2)9-15/h3-4,7-9,16,18-19H,5-6,10-14H2,1-2H3/t16-,18-,19+/m1/s1. The number of hydrogen-bond acceptors (Lipinski definition) is 5. The number of aromatic nitrogens is 2. The summed E-state index contributed by atoms with van der Waals surface area (Å²) in [5.41, 5.74) is 1.30. The van der Waals surface area contributed by atoms with Crippen molar-refractivity contribution in [3.05, 3.63) is 42.1 Å². The maximum absolute atomic E-state index is 6.18. The molecule has 0 aliphatic carbocycles. The fourth-order valence-electron chi connectivity index (χ4n) is 4.28. The van der Waals surface area contributed by atoms with Gasteiger partial charge in [-0.1, -0.05) is 0 Å². The second-order valence-corrected chi connectivity index (χ2v) is 7.62. The lowest BCUT2D eigenvalue weighted by atomic mass is 9.84. The minimum absolute atomic E-state index is 0.321. The molecular formula is C19H28N4O2. The highest BCUT2D eigenvalue weighted by atomic mass is 16.5. The summed E-state index contributed by atoms with van der Waals surface area (Å²) >= 11 is 0. The van der Waals surface area contributed by atoms with Crippen LogP contribution in [0.4, 0.5) is 0 Å². The van der Waals surface area contributed by atoms with E-state index in [9.17, 15) is 0 Å². The molecule has 25 heavy (non-hydrogen) atoms. The van der Waals surface area contributed by atoms with Crippen LogP contribution in [0.1, 0.15) is 17.7 Å². The number of piperidine rings is 1. The van der Waals surface area contributed by atoms with Gasteiger partial charge in [0.05, 0.1) is 31.7 Å². The van der Waals surface area contributed by atoms with Crippen LogP contribution in [-0.4, -0.2) is 59.0 Å². The largest absolute Gasteiger partial charge is 0.468 e. The van der Waals surface area contributed by atoms with E-state index in [1.165, 1.54) is 12.0 Å². The van der Waals surface area contributed by atoms with Crippen LogP contribution in [-0.2, 0) is 24.9 Å². The Balaban J connectivity index is 1.33. The summed E-state index contributed by atoms with van der Waals surface area (Å²) in [5, 5.41) is 4.29. The molecule has 2 aromatic rings. The zero-order valence-corrected chi connectivity index (χ0v) is 15.2. The second-order valence-electron chi connectivity index (χ2n) is 7.62. The van der Waals surface area contributed by atoms with Crippen LogP contribution < -0.4 is 0 Å². The third kappa shape index (κ3) is 3.97. The molecule has 2 saturated heterocycles. The first kappa shape index (κ1) is 16.8. The number of hydrogen-bond donors (Lipinski definition) is 0. The van der Waals surface area contributed by atoms with Gasteiger partial charge < -0.3 is 9.15 Å². The number of ether oxygens (including phenoxy) is 1. The number of aryl methyl sites for hydroxylation is 1. The molecule has 4 heterocycles. The van der Waals surface area contributed by atoms with Gasteiger partial charge in [-0.15, -0.1) is 0 Å². The molecule has 2 aliphatic heterocycles. The summed E-state index contributed by atoms with van der Waals surface area (Å²) < 4.78 is 13.5. The van der Waals surface area contributed by atoms with E-state index in [1.807, 2.05) is 30.1 Å². The van der Waals surface area contributed by atoms with Gasteiger partial charge in [0.1, 0.15) is 5.76 Å². The molecule has 0 N–H and O–H groups in total. The van der Waals surface area contributed by atoms with E-state index in [1.54, 1.807) is 6.26 Å². The third-order valence-corrected chi connectivity index (χ3v) is 5.55. The SMILES string of the molecule is CN(Cc1ccco1)C[C@@H]1OC[C@H]2CCN(Cc3cnn(C)c3)C[C@H]21. The molecule has 0 spiro atoms. The molecule has 2 aliphatic rings. The first-order valence-electron chi connectivity index (χ1n) is 9.20. The molecule has 2 aromatic heterocycles. The van der Waals surface area contributed by atoms with Gasteiger partial charge in [-0.05, 0) is 38.1 Å². The predicted octanol–water partition coefficient (Wildman–Crippen LogP) is 1.98. The van der Waals surface area contributed by atoms with Crippen LogP contribution >= 0.6 is 0 Å². The van der Waals surface area contributed by atoms with E-state index >= 15 is 0 Å². The Labute approximate surface area is 149 Å². The monoisotopic (exact) mass is 344 g/mol. The van der Waals surface area contributed by atoms with Gasteiger partial charge in [0.15, 0.2) is 0 Å². The summed E-state index contributed by atoms with van der Waals surface area (Å²) in [7, 11) is 4.13. The molecule has 0 saturated carbocycles. The Bertz CT molecular complexity index is 669. The van der Waals surface area contributed by atoms with E-state index in [0.717, 1.165) is 45.1 Å². The number of likely N-dealkylation sites (tertiary alicyclic amines) is 1. The first-order valence-corrected chi connectivity index (χ1v) is 9.20. The Morgan fingerprint density at radius 1 is 1.40 bits per heavy atom. The highest BCUT2D eigenvalue weighted by Crippen LogP contribution is 2.35. The molecule has 0 amide bonds. The van der Waals surface area contributed by atoms with Crippen molar-refractivity contribution in [2.24, 2.45) is 18.9 Å². The Kier molecular flexibility index (Phi) is 4.92. The number of fused-ring (bicyclic) bond motifs is 1. The van der Waals surface area contributed by atoms with Crippen molar-refractivity contribution >= 4 is 0 Å². The van der Waals surface area contributed by atoms with Gasteiger partial charge >= 0.3 is 0 Å². The second kappa shape index (κ2) is 7.32. The van der Waals surface area contributed by atoms with E-state index in [2.05, 4.69) is 28.1 Å². The van der Waals surface area contributed by atoms with Gasteiger partial charge in [0.2, 0.25) is 0 Å². The summed E-state index contributed by atoms with van der Waals surface area (Å²) in [5.74, 6) is 2.36. The number of rotatable bonds is 6. The van der Waals surface area contributed by atoms with Crippen LogP contribution in [0, 0.1) is 11.8 Å². The Morgan fingerprint density at radius 2 is 2.32 bits per heavy atom. The molecule has 3 atom stereocenters. The summed E-state index contributed by atoms with van der Waals surface area (Å²) in [4.78, 5) is 4.87. The fraction of sp³-hybridized carbons (Fsp3) is 0.632. The molecule has 136 valence electrons. The lowest BCUT2D eigenvalue weighted by Gasteiger charge is -2.36. The van der Waals surface area contributed by atoms with Gasteiger partial charge in [0.25, 0.3) is 0 Å². The van der Waals surface area contributed by atoms with Crippen LogP contribution in [0.2, 0.25) is 0 Å². The predicted molar refractivity (Wildman–Crippen MR) is 94.9 cm³/mol. The zero-order valence-electron chi connectivity index (χ0n) is 15.2. The van der Waals surface area contributed by atoms with Crippen LogP contribution in [0.3, 0.4) is 0 Å². The van der Waals surface area contributed by atoms with Gasteiger partial charge in [-0.3, -0.25) is 14.5 Å². The van der Waals surface area contributed by atoms with E-state index < -0.39 is 0 Å². The van der Waals surface area contributed by atoms with Gasteiger partial charge in [0, 0.05) is 44.4 Å². The molecule has 6 heteroatoms. The van der Waals surface area contributed by atoms with Crippen LogP contribution in [0.15, 0.2) is 35.2 Å². The van der Waals surface area contributed by atoms with E-state index in [4.69, 9.17) is 9.15 Å². The minimum atomic E-state index is 0.321. The molecule has 4 rings (SSSR count). The fourth-order valence-corrected chi connectivity index (χ4v) is 4.28. The maximum atomic E-state index is 6.18. The molecule has 6 nitrogen and oxygen atoms in total. The summed E-state index contributed by atoms with van der Waals surface area (Å²) in [6, 6.07) is 3.98. The molecular weight excluding hydrogens is 316 g/mol. The minimum Gasteiger partial charge on any atom is -0.468 e. The van der Waals surface area contributed by atoms with Crippen LogP contribution in [0.5, 0.6) is 0 Å². The molecule has 0 unspecified atom stereocenters. The third-order valence-electron chi connectivity index (χ3n) is 5.55. The van der Waals surface area contributed by atoms with E-state index in [-0.39, 0.29) is 0 Å². The van der Waals surface area contributed by atoms with Crippen molar-refractivity contribution in [2.45, 2.75) is 25.6 Å². The van der Waals surface area contributed by atoms with Crippen LogP contribution in [0.25, 0.3) is 0 Å². The molecule has 0 radical (unpaired) electrons. The average molecular weight is 344 g/mol. The summed E-state index contributed by atoms with van der Waals surface area (Å²) in [6.07, 6.45) is 7.39. The van der Waals surface area contributed by atoms with Crippen molar-refractivity contribution in [1.82, 2.24) is 19.6 Å². The lowest BCUT2D eigenvalue weighted by molar-refractivity contribution is 0.0459. The Hall–Kier alpha value is -1.63. The number of nitrogens with zero attached hydrogens (tertiary/aromatic N) is 4. The quantitative estimate of drug-likeness (QED) is 0.802. The highest BCUT2D eigenvalue weighted by Gasteiger charge is 2.41.